The largest absolute Gasteiger partial charge is 0.324 e. The fourth-order valence-corrected chi connectivity index (χ4v) is 4.29. The van der Waals surface area contributed by atoms with Gasteiger partial charge in [0.05, 0.1) is 0 Å². The van der Waals surface area contributed by atoms with Crippen LogP contribution in [0.15, 0.2) is 30.3 Å². The number of likely N-dealkylation sites (tertiary alicyclic amines) is 1. The van der Waals surface area contributed by atoms with E-state index in [0.717, 1.165) is 18.8 Å². The van der Waals surface area contributed by atoms with Crippen LogP contribution in [-0.4, -0.2) is 24.0 Å². The van der Waals surface area contributed by atoms with Crippen molar-refractivity contribution in [3.8, 4) is 0 Å². The number of carbonyl (C=O) groups excluding carboxylic acids is 1. The molecule has 108 valence electrons. The van der Waals surface area contributed by atoms with Crippen LogP contribution in [0.5, 0.6) is 0 Å². The van der Waals surface area contributed by atoms with E-state index < -0.39 is 0 Å². The summed E-state index contributed by atoms with van der Waals surface area (Å²) < 4.78 is 0. The molecule has 1 aliphatic carbocycles. The van der Waals surface area contributed by atoms with E-state index in [9.17, 15) is 4.79 Å². The van der Waals surface area contributed by atoms with Crippen LogP contribution in [0.25, 0.3) is 0 Å². The Hall–Kier alpha value is -1.51. The van der Waals surface area contributed by atoms with E-state index in [1.54, 1.807) is 0 Å². The minimum Gasteiger partial charge on any atom is -0.324 e. The van der Waals surface area contributed by atoms with Gasteiger partial charge in [0.25, 0.3) is 0 Å². The molecule has 0 unspecified atom stereocenters. The van der Waals surface area contributed by atoms with E-state index in [4.69, 9.17) is 0 Å². The van der Waals surface area contributed by atoms with Crippen LogP contribution < -0.4 is 5.32 Å². The highest BCUT2D eigenvalue weighted by Crippen LogP contribution is 2.55. The number of para-hydroxylation sites is 1. The number of benzene rings is 1. The van der Waals surface area contributed by atoms with Crippen molar-refractivity contribution in [1.82, 2.24) is 4.90 Å². The molecule has 1 N–H and O–H groups in total. The standard InChI is InChI=1S/C17H24N2O/c1-16(2)11-17(3)9-13(16)10-19(12-17)15(20)18-14-7-5-4-6-8-14/h4-8,13H,9-12H2,1-3H3,(H,18,20)/t13-,17+/m0/s1. The molecule has 3 heteroatoms. The van der Waals surface area contributed by atoms with Crippen molar-refractivity contribution in [2.45, 2.75) is 33.6 Å². The van der Waals surface area contributed by atoms with Crippen LogP contribution in [-0.2, 0) is 0 Å². The quantitative estimate of drug-likeness (QED) is 0.824. The van der Waals surface area contributed by atoms with Crippen LogP contribution in [0.2, 0.25) is 0 Å². The second kappa shape index (κ2) is 4.51. The molecule has 2 atom stereocenters. The predicted molar refractivity (Wildman–Crippen MR) is 81.6 cm³/mol. The summed E-state index contributed by atoms with van der Waals surface area (Å²) in [6.45, 7) is 8.80. The SMILES string of the molecule is CC1(C)C[C@@]2(C)C[C@H]1CN(C(=O)Nc1ccccc1)C2. The molecule has 1 saturated carbocycles. The van der Waals surface area contributed by atoms with Gasteiger partial charge >= 0.3 is 6.03 Å². The Kier molecular flexibility index (Phi) is 3.03. The number of carbonyl (C=O) groups is 1. The second-order valence-corrected chi connectivity index (χ2v) is 7.55. The first-order chi connectivity index (χ1) is 9.38. The predicted octanol–water partition coefficient (Wildman–Crippen LogP) is 3.98. The average molecular weight is 272 g/mol. The molecule has 3 nitrogen and oxygen atoms in total. The normalized spacial score (nSPS) is 31.1. The van der Waals surface area contributed by atoms with Crippen molar-refractivity contribution >= 4 is 11.7 Å². The third-order valence-electron chi connectivity index (χ3n) is 5.05. The van der Waals surface area contributed by atoms with Crippen LogP contribution >= 0.6 is 0 Å². The lowest BCUT2D eigenvalue weighted by atomic mass is 9.82. The lowest BCUT2D eigenvalue weighted by molar-refractivity contribution is 0.125. The zero-order valence-electron chi connectivity index (χ0n) is 12.6. The molecule has 2 bridgehead atoms. The van der Waals surface area contributed by atoms with Crippen molar-refractivity contribution in [3.63, 3.8) is 0 Å². The molecule has 0 spiro atoms. The van der Waals surface area contributed by atoms with E-state index in [1.807, 2.05) is 35.2 Å². The highest BCUT2D eigenvalue weighted by Gasteiger charge is 2.52. The van der Waals surface area contributed by atoms with Crippen LogP contribution in [0.3, 0.4) is 0 Å². The van der Waals surface area contributed by atoms with Crippen LogP contribution in [0.4, 0.5) is 10.5 Å². The van der Waals surface area contributed by atoms with Gasteiger partial charge in [-0.1, -0.05) is 39.0 Å². The molecule has 1 aromatic rings. The van der Waals surface area contributed by atoms with Gasteiger partial charge < -0.3 is 10.2 Å². The Labute approximate surface area is 121 Å². The minimum absolute atomic E-state index is 0.0461. The Balaban J connectivity index is 1.72. The number of hydrogen-bond acceptors (Lipinski definition) is 1. The summed E-state index contributed by atoms with van der Waals surface area (Å²) in [5, 5.41) is 3.01. The lowest BCUT2D eigenvalue weighted by Crippen LogP contribution is -2.47. The molecule has 0 radical (unpaired) electrons. The number of nitrogens with one attached hydrogen (secondary N) is 1. The molecule has 1 saturated heterocycles. The summed E-state index contributed by atoms with van der Waals surface area (Å²) in [5.74, 6) is 0.628. The molecule has 0 aromatic heterocycles. The van der Waals surface area contributed by atoms with Gasteiger partial charge in [0.1, 0.15) is 0 Å². The molecule has 2 amide bonds. The molecule has 3 rings (SSSR count). The topological polar surface area (TPSA) is 32.3 Å². The maximum absolute atomic E-state index is 12.5. The van der Waals surface area contributed by atoms with Gasteiger partial charge in [-0.2, -0.15) is 0 Å². The number of fused-ring (bicyclic) bond motifs is 2. The number of rotatable bonds is 1. The van der Waals surface area contributed by atoms with Gasteiger partial charge in [-0.05, 0) is 41.7 Å². The molecule has 1 heterocycles. The van der Waals surface area contributed by atoms with E-state index in [2.05, 4.69) is 26.1 Å². The van der Waals surface area contributed by atoms with Crippen LogP contribution in [0.1, 0.15) is 33.6 Å². The monoisotopic (exact) mass is 272 g/mol. The van der Waals surface area contributed by atoms with Crippen molar-refractivity contribution in [3.05, 3.63) is 30.3 Å². The fourth-order valence-electron chi connectivity index (χ4n) is 4.29. The van der Waals surface area contributed by atoms with E-state index in [0.29, 0.717) is 16.7 Å². The van der Waals surface area contributed by atoms with Crippen molar-refractivity contribution in [1.29, 1.82) is 0 Å². The Bertz CT molecular complexity index is 511. The van der Waals surface area contributed by atoms with E-state index in [-0.39, 0.29) is 6.03 Å². The molecular weight excluding hydrogens is 248 g/mol. The van der Waals surface area contributed by atoms with Gasteiger partial charge in [-0.25, -0.2) is 4.79 Å². The summed E-state index contributed by atoms with van der Waals surface area (Å²) >= 11 is 0. The highest BCUT2D eigenvalue weighted by atomic mass is 16.2. The number of amides is 2. The first-order valence-electron chi connectivity index (χ1n) is 7.49. The van der Waals surface area contributed by atoms with Gasteiger partial charge in [0.2, 0.25) is 0 Å². The van der Waals surface area contributed by atoms with Crippen LogP contribution in [0, 0.1) is 16.7 Å². The summed E-state index contributed by atoms with van der Waals surface area (Å²) in [5.41, 5.74) is 1.52. The Morgan fingerprint density at radius 2 is 1.95 bits per heavy atom. The first-order valence-corrected chi connectivity index (χ1v) is 7.49. The molecule has 1 aromatic carbocycles. The van der Waals surface area contributed by atoms with Gasteiger partial charge in [-0.15, -0.1) is 0 Å². The molecule has 2 aliphatic rings. The number of nitrogens with zero attached hydrogens (tertiary/aromatic N) is 1. The molecule has 20 heavy (non-hydrogen) atoms. The third kappa shape index (κ3) is 2.41. The van der Waals surface area contributed by atoms with Crippen molar-refractivity contribution in [2.24, 2.45) is 16.7 Å². The first kappa shape index (κ1) is 13.5. The summed E-state index contributed by atoms with van der Waals surface area (Å²) in [6, 6.07) is 9.76. The van der Waals surface area contributed by atoms with E-state index in [1.165, 1.54) is 12.8 Å². The lowest BCUT2D eigenvalue weighted by Gasteiger charge is -2.38. The van der Waals surface area contributed by atoms with Gasteiger partial charge in [0, 0.05) is 18.8 Å². The summed E-state index contributed by atoms with van der Waals surface area (Å²) in [4.78, 5) is 14.5. The fraction of sp³-hybridized carbons (Fsp3) is 0.588. The Morgan fingerprint density at radius 3 is 2.60 bits per heavy atom. The highest BCUT2D eigenvalue weighted by molar-refractivity contribution is 5.89. The third-order valence-corrected chi connectivity index (χ3v) is 5.05. The zero-order chi connectivity index (χ0) is 14.4. The Morgan fingerprint density at radius 1 is 1.25 bits per heavy atom. The molecule has 1 aliphatic heterocycles. The number of hydrogen-bond donors (Lipinski definition) is 1. The van der Waals surface area contributed by atoms with Gasteiger partial charge in [-0.3, -0.25) is 0 Å². The van der Waals surface area contributed by atoms with E-state index >= 15 is 0 Å². The van der Waals surface area contributed by atoms with Crippen molar-refractivity contribution in [2.75, 3.05) is 18.4 Å². The summed E-state index contributed by atoms with van der Waals surface area (Å²) in [6.07, 6.45) is 2.48. The molecule has 2 fully saturated rings. The maximum Gasteiger partial charge on any atom is 0.321 e. The number of anilines is 1. The van der Waals surface area contributed by atoms with Crippen molar-refractivity contribution < 1.29 is 4.79 Å². The van der Waals surface area contributed by atoms with Gasteiger partial charge in [0.15, 0.2) is 0 Å². The summed E-state index contributed by atoms with van der Waals surface area (Å²) in [7, 11) is 0. The second-order valence-electron chi connectivity index (χ2n) is 7.55. The molecular formula is C17H24N2O. The smallest absolute Gasteiger partial charge is 0.321 e. The minimum atomic E-state index is 0.0461. The average Bonchev–Trinajstić information content (AvgIpc) is 2.54. The number of urea groups is 1. The number of piperidine rings is 1. The maximum atomic E-state index is 12.5. The zero-order valence-corrected chi connectivity index (χ0v) is 12.6.